The summed E-state index contributed by atoms with van der Waals surface area (Å²) in [6, 6.07) is 7.72. The van der Waals surface area contributed by atoms with Crippen LogP contribution in [0.1, 0.15) is 5.69 Å². The van der Waals surface area contributed by atoms with Crippen molar-refractivity contribution in [1.82, 2.24) is 24.7 Å². The molecular weight excluding hydrogens is 373 g/mol. The summed E-state index contributed by atoms with van der Waals surface area (Å²) >= 11 is 0. The third-order valence-corrected chi connectivity index (χ3v) is 4.31. The Morgan fingerprint density at radius 1 is 1.14 bits per heavy atom. The van der Waals surface area contributed by atoms with E-state index in [1.165, 1.54) is 6.20 Å². The summed E-state index contributed by atoms with van der Waals surface area (Å²) in [5.41, 5.74) is -0.704. The van der Waals surface area contributed by atoms with Gasteiger partial charge in [-0.3, -0.25) is 9.67 Å². The van der Waals surface area contributed by atoms with Gasteiger partial charge in [-0.2, -0.15) is 18.3 Å². The topological polar surface area (TPSA) is 69.0 Å². The Bertz CT molecular complexity index is 917. The number of pyridine rings is 1. The van der Waals surface area contributed by atoms with Gasteiger partial charge in [0, 0.05) is 37.7 Å². The largest absolute Gasteiger partial charge is 0.433 e. The zero-order valence-corrected chi connectivity index (χ0v) is 14.8. The Morgan fingerprint density at radius 2 is 2.04 bits per heavy atom. The van der Waals surface area contributed by atoms with Crippen molar-refractivity contribution in [2.45, 2.75) is 18.8 Å². The molecule has 4 heterocycles. The molecule has 28 heavy (non-hydrogen) atoms. The molecule has 1 unspecified atom stereocenters. The monoisotopic (exact) mass is 390 g/mol. The van der Waals surface area contributed by atoms with Crippen LogP contribution in [0.25, 0.3) is 11.5 Å². The van der Waals surface area contributed by atoms with Crippen LogP contribution in [-0.4, -0.2) is 50.5 Å². The molecule has 0 spiro atoms. The molecule has 10 heteroatoms. The normalized spacial score (nSPS) is 17.7. The van der Waals surface area contributed by atoms with Crippen LogP contribution in [-0.2, 0) is 17.5 Å². The van der Waals surface area contributed by atoms with Gasteiger partial charge >= 0.3 is 6.18 Å². The first-order valence-corrected chi connectivity index (χ1v) is 8.71. The van der Waals surface area contributed by atoms with Gasteiger partial charge in [0.05, 0.1) is 19.3 Å². The Labute approximate surface area is 158 Å². The van der Waals surface area contributed by atoms with Crippen molar-refractivity contribution in [2.75, 3.05) is 24.6 Å². The molecule has 0 amide bonds. The molecule has 3 aromatic heterocycles. The molecule has 0 aliphatic carbocycles. The molecule has 0 aromatic carbocycles. The quantitative estimate of drug-likeness (QED) is 0.682. The summed E-state index contributed by atoms with van der Waals surface area (Å²) < 4.78 is 47.6. The lowest BCUT2D eigenvalue weighted by molar-refractivity contribution is -0.141. The van der Waals surface area contributed by atoms with Crippen molar-refractivity contribution in [3.63, 3.8) is 0 Å². The van der Waals surface area contributed by atoms with Crippen molar-refractivity contribution in [3.8, 4) is 11.5 Å². The van der Waals surface area contributed by atoms with Gasteiger partial charge < -0.3 is 9.64 Å². The van der Waals surface area contributed by atoms with Gasteiger partial charge in [0.15, 0.2) is 11.5 Å². The number of aromatic nitrogens is 5. The third-order valence-electron chi connectivity index (χ3n) is 4.31. The Kier molecular flexibility index (Phi) is 4.95. The first kappa shape index (κ1) is 18.4. The minimum absolute atomic E-state index is 0.0551. The lowest BCUT2D eigenvalue weighted by Crippen LogP contribution is -2.44. The van der Waals surface area contributed by atoms with Crippen LogP contribution in [0.4, 0.5) is 19.0 Å². The second-order valence-corrected chi connectivity index (χ2v) is 6.31. The number of alkyl halides is 3. The van der Waals surface area contributed by atoms with E-state index < -0.39 is 11.9 Å². The maximum atomic E-state index is 13.4. The van der Waals surface area contributed by atoms with Gasteiger partial charge in [0.25, 0.3) is 0 Å². The smallest absolute Gasteiger partial charge is 0.373 e. The zero-order valence-electron chi connectivity index (χ0n) is 14.8. The zero-order chi connectivity index (χ0) is 19.6. The number of hydrogen-bond acceptors (Lipinski definition) is 6. The minimum atomic E-state index is -4.58. The lowest BCUT2D eigenvalue weighted by Gasteiger charge is -2.34. The molecule has 4 rings (SSSR count). The van der Waals surface area contributed by atoms with E-state index in [-0.39, 0.29) is 23.4 Å². The summed E-state index contributed by atoms with van der Waals surface area (Å²) in [5.74, 6) is 0.150. The molecule has 1 fully saturated rings. The highest BCUT2D eigenvalue weighted by Gasteiger charge is 2.35. The van der Waals surface area contributed by atoms with Crippen molar-refractivity contribution in [1.29, 1.82) is 0 Å². The number of ether oxygens (including phenoxy) is 1. The van der Waals surface area contributed by atoms with Gasteiger partial charge in [-0.05, 0) is 18.2 Å². The summed E-state index contributed by atoms with van der Waals surface area (Å²) in [4.78, 5) is 13.9. The number of hydrogen-bond donors (Lipinski definition) is 0. The molecule has 1 aliphatic rings. The van der Waals surface area contributed by atoms with E-state index in [9.17, 15) is 13.2 Å². The van der Waals surface area contributed by atoms with E-state index in [1.54, 1.807) is 40.0 Å². The third kappa shape index (κ3) is 4.11. The average molecular weight is 390 g/mol. The van der Waals surface area contributed by atoms with Crippen molar-refractivity contribution >= 4 is 5.82 Å². The SMILES string of the molecule is FC(F)(F)c1cc(N2CCOC(Cn3cccn3)C2)nc(-c2ccccn2)n1. The molecule has 0 radical (unpaired) electrons. The number of morpholine rings is 1. The molecular formula is C18H17F3N6O. The Morgan fingerprint density at radius 3 is 2.75 bits per heavy atom. The van der Waals surface area contributed by atoms with Crippen LogP contribution in [0.2, 0.25) is 0 Å². The fraction of sp³-hybridized carbons (Fsp3) is 0.333. The first-order valence-electron chi connectivity index (χ1n) is 8.71. The highest BCUT2D eigenvalue weighted by atomic mass is 19.4. The van der Waals surface area contributed by atoms with Crippen LogP contribution in [0.15, 0.2) is 48.9 Å². The molecule has 0 saturated carbocycles. The average Bonchev–Trinajstić information content (AvgIpc) is 3.21. The maximum absolute atomic E-state index is 13.4. The van der Waals surface area contributed by atoms with Crippen LogP contribution >= 0.6 is 0 Å². The molecule has 146 valence electrons. The van der Waals surface area contributed by atoms with E-state index in [0.717, 1.165) is 6.07 Å². The van der Waals surface area contributed by atoms with Gasteiger partial charge in [-0.25, -0.2) is 9.97 Å². The predicted molar refractivity (Wildman–Crippen MR) is 94.4 cm³/mol. The van der Waals surface area contributed by atoms with Crippen LogP contribution in [0.3, 0.4) is 0 Å². The van der Waals surface area contributed by atoms with E-state index in [1.807, 2.05) is 6.20 Å². The van der Waals surface area contributed by atoms with Crippen molar-refractivity contribution < 1.29 is 17.9 Å². The second kappa shape index (κ2) is 7.55. The highest BCUT2D eigenvalue weighted by molar-refractivity contribution is 5.54. The van der Waals surface area contributed by atoms with E-state index in [4.69, 9.17) is 4.74 Å². The van der Waals surface area contributed by atoms with Gasteiger partial charge in [-0.15, -0.1) is 0 Å². The lowest BCUT2D eigenvalue weighted by atomic mass is 10.2. The number of rotatable bonds is 4. The minimum Gasteiger partial charge on any atom is -0.373 e. The maximum Gasteiger partial charge on any atom is 0.433 e. The van der Waals surface area contributed by atoms with Crippen LogP contribution in [0.5, 0.6) is 0 Å². The van der Waals surface area contributed by atoms with E-state index in [2.05, 4.69) is 20.1 Å². The van der Waals surface area contributed by atoms with Gasteiger partial charge in [0.1, 0.15) is 11.5 Å². The van der Waals surface area contributed by atoms with Crippen LogP contribution in [0, 0.1) is 0 Å². The highest BCUT2D eigenvalue weighted by Crippen LogP contribution is 2.31. The molecule has 0 bridgehead atoms. The molecule has 3 aromatic rings. The molecule has 1 aliphatic heterocycles. The van der Waals surface area contributed by atoms with E-state index in [0.29, 0.717) is 26.2 Å². The first-order chi connectivity index (χ1) is 13.5. The predicted octanol–water partition coefficient (Wildman–Crippen LogP) is 2.66. The number of nitrogens with zero attached hydrogens (tertiary/aromatic N) is 6. The van der Waals surface area contributed by atoms with Crippen molar-refractivity contribution in [3.05, 3.63) is 54.6 Å². The molecule has 7 nitrogen and oxygen atoms in total. The van der Waals surface area contributed by atoms with E-state index >= 15 is 0 Å². The van der Waals surface area contributed by atoms with Gasteiger partial charge in [-0.1, -0.05) is 6.07 Å². The fourth-order valence-electron chi connectivity index (χ4n) is 3.01. The summed E-state index contributed by atoms with van der Waals surface area (Å²) in [5, 5.41) is 4.14. The summed E-state index contributed by atoms with van der Waals surface area (Å²) in [6.45, 7) is 1.73. The van der Waals surface area contributed by atoms with Gasteiger partial charge in [0.2, 0.25) is 0 Å². The molecule has 1 saturated heterocycles. The molecule has 1 atom stereocenters. The Hall–Kier alpha value is -3.01. The number of halogens is 3. The van der Waals surface area contributed by atoms with Crippen molar-refractivity contribution in [2.24, 2.45) is 0 Å². The summed E-state index contributed by atoms with van der Waals surface area (Å²) in [6.07, 6.45) is 0.180. The summed E-state index contributed by atoms with van der Waals surface area (Å²) in [7, 11) is 0. The Balaban J connectivity index is 1.64. The van der Waals surface area contributed by atoms with Crippen LogP contribution < -0.4 is 4.90 Å². The standard InChI is InChI=1S/C18H17F3N6O/c19-18(20,21)15-10-16(25-17(24-15)14-4-1-2-5-22-14)26-8-9-28-13(11-26)12-27-7-3-6-23-27/h1-7,10,13H,8-9,11-12H2. The number of anilines is 1. The second-order valence-electron chi connectivity index (χ2n) is 6.31. The fourth-order valence-corrected chi connectivity index (χ4v) is 3.01. The molecule has 0 N–H and O–H groups in total.